The average Bonchev–Trinajstić information content (AvgIpc) is 2.80. The first kappa shape index (κ1) is 20.7. The van der Waals surface area contributed by atoms with Crippen molar-refractivity contribution in [2.75, 3.05) is 23.3 Å². The molecule has 2 aromatic carbocycles. The SMILES string of the molecule is C[C@H](OC(=O)c1cc2ccccc2c(=O)[nH]1)C(=O)Nc1ccc(N2CCCCC2)cc1. The standard InChI is InChI=1S/C24H25N3O4/c1-16(31-24(30)21-15-17-7-3-4-8-20(17)23(29)26-21)22(28)25-18-9-11-19(12-10-18)27-13-5-2-6-14-27/h3-4,7-12,15-16H,2,5-6,13-14H2,1H3,(H,25,28)(H,26,29)/t16-/m0/s1. The number of aromatic nitrogens is 1. The van der Waals surface area contributed by atoms with E-state index in [-0.39, 0.29) is 11.3 Å². The van der Waals surface area contributed by atoms with Crippen molar-refractivity contribution < 1.29 is 14.3 Å². The van der Waals surface area contributed by atoms with Crippen molar-refractivity contribution in [3.05, 3.63) is 70.6 Å². The van der Waals surface area contributed by atoms with E-state index in [1.807, 2.05) is 24.3 Å². The molecule has 3 aromatic rings. The molecule has 0 bridgehead atoms. The lowest BCUT2D eigenvalue weighted by atomic mass is 10.1. The lowest BCUT2D eigenvalue weighted by Gasteiger charge is -2.28. The maximum absolute atomic E-state index is 12.5. The summed E-state index contributed by atoms with van der Waals surface area (Å²) < 4.78 is 5.26. The first-order valence-electron chi connectivity index (χ1n) is 10.5. The van der Waals surface area contributed by atoms with Gasteiger partial charge in [-0.3, -0.25) is 9.59 Å². The molecule has 1 aliphatic heterocycles. The highest BCUT2D eigenvalue weighted by molar-refractivity contribution is 5.98. The number of carbonyl (C=O) groups excluding carboxylic acids is 2. The van der Waals surface area contributed by atoms with Crippen molar-refractivity contribution in [3.63, 3.8) is 0 Å². The number of piperidine rings is 1. The Morgan fingerprint density at radius 3 is 2.48 bits per heavy atom. The van der Waals surface area contributed by atoms with E-state index in [1.54, 1.807) is 30.3 Å². The van der Waals surface area contributed by atoms with Crippen molar-refractivity contribution >= 4 is 34.0 Å². The van der Waals surface area contributed by atoms with Gasteiger partial charge in [-0.15, -0.1) is 0 Å². The molecule has 0 radical (unpaired) electrons. The van der Waals surface area contributed by atoms with Crippen LogP contribution in [0.3, 0.4) is 0 Å². The number of pyridine rings is 1. The van der Waals surface area contributed by atoms with Gasteiger partial charge in [0.2, 0.25) is 0 Å². The first-order chi connectivity index (χ1) is 15.0. The number of hydrogen-bond donors (Lipinski definition) is 2. The third-order valence-corrected chi connectivity index (χ3v) is 5.48. The smallest absolute Gasteiger partial charge is 0.355 e. The van der Waals surface area contributed by atoms with E-state index in [9.17, 15) is 14.4 Å². The molecular weight excluding hydrogens is 394 g/mol. The highest BCUT2D eigenvalue weighted by Gasteiger charge is 2.20. The van der Waals surface area contributed by atoms with Gasteiger partial charge < -0.3 is 19.9 Å². The molecule has 7 nitrogen and oxygen atoms in total. The van der Waals surface area contributed by atoms with E-state index in [2.05, 4.69) is 15.2 Å². The topological polar surface area (TPSA) is 91.5 Å². The molecule has 0 saturated carbocycles. The number of nitrogens with zero attached hydrogens (tertiary/aromatic N) is 1. The summed E-state index contributed by atoms with van der Waals surface area (Å²) in [6, 6.07) is 16.2. The molecule has 0 aliphatic carbocycles. The van der Waals surface area contributed by atoms with Crippen LogP contribution in [-0.4, -0.2) is 36.1 Å². The Kier molecular flexibility index (Phi) is 6.02. The molecule has 2 N–H and O–H groups in total. The van der Waals surface area contributed by atoms with Crippen LogP contribution in [0.5, 0.6) is 0 Å². The molecule has 1 atom stereocenters. The monoisotopic (exact) mass is 419 g/mol. The van der Waals surface area contributed by atoms with Crippen molar-refractivity contribution in [3.8, 4) is 0 Å². The van der Waals surface area contributed by atoms with Gasteiger partial charge in [0.15, 0.2) is 6.10 Å². The van der Waals surface area contributed by atoms with E-state index in [1.165, 1.54) is 26.2 Å². The summed E-state index contributed by atoms with van der Waals surface area (Å²) in [5, 5.41) is 3.88. The summed E-state index contributed by atoms with van der Waals surface area (Å²) in [5.41, 5.74) is 1.40. The molecular formula is C24H25N3O4. The summed E-state index contributed by atoms with van der Waals surface area (Å²) in [4.78, 5) is 41.9. The highest BCUT2D eigenvalue weighted by Crippen LogP contribution is 2.22. The summed E-state index contributed by atoms with van der Waals surface area (Å²) >= 11 is 0. The number of nitrogens with one attached hydrogen (secondary N) is 2. The third kappa shape index (κ3) is 4.77. The summed E-state index contributed by atoms with van der Waals surface area (Å²) in [7, 11) is 0. The average molecular weight is 419 g/mol. The Labute approximate surface area is 180 Å². The number of rotatable bonds is 5. The summed E-state index contributed by atoms with van der Waals surface area (Å²) in [6.07, 6.45) is 2.64. The molecule has 1 aliphatic rings. The molecule has 2 heterocycles. The molecule has 31 heavy (non-hydrogen) atoms. The molecule has 1 fully saturated rings. The fourth-order valence-corrected chi connectivity index (χ4v) is 3.75. The molecule has 0 unspecified atom stereocenters. The van der Waals surface area contributed by atoms with Crippen LogP contribution in [-0.2, 0) is 9.53 Å². The number of ether oxygens (including phenoxy) is 1. The first-order valence-corrected chi connectivity index (χ1v) is 10.5. The molecule has 4 rings (SSSR count). The number of amides is 1. The second kappa shape index (κ2) is 9.04. The second-order valence-electron chi connectivity index (χ2n) is 7.73. The number of benzene rings is 2. The molecule has 0 spiro atoms. The Morgan fingerprint density at radius 1 is 1.03 bits per heavy atom. The maximum atomic E-state index is 12.5. The van der Waals surface area contributed by atoms with E-state index >= 15 is 0 Å². The zero-order chi connectivity index (χ0) is 21.8. The largest absolute Gasteiger partial charge is 0.448 e. The Bertz CT molecular complexity index is 1150. The predicted molar refractivity (Wildman–Crippen MR) is 121 cm³/mol. The predicted octanol–water partition coefficient (Wildman–Crippen LogP) is 3.70. The zero-order valence-corrected chi connectivity index (χ0v) is 17.4. The molecule has 7 heteroatoms. The van der Waals surface area contributed by atoms with Crippen LogP contribution in [0, 0.1) is 0 Å². The van der Waals surface area contributed by atoms with E-state index < -0.39 is 18.0 Å². The highest BCUT2D eigenvalue weighted by atomic mass is 16.5. The number of esters is 1. The number of fused-ring (bicyclic) bond motifs is 1. The summed E-state index contributed by atoms with van der Waals surface area (Å²) in [5.74, 6) is -1.20. The fraction of sp³-hybridized carbons (Fsp3) is 0.292. The minimum atomic E-state index is -1.02. The van der Waals surface area contributed by atoms with Crippen LogP contribution >= 0.6 is 0 Å². The van der Waals surface area contributed by atoms with Crippen LogP contribution in [0.4, 0.5) is 11.4 Å². The Balaban J connectivity index is 1.38. The van der Waals surface area contributed by atoms with Crippen LogP contribution < -0.4 is 15.8 Å². The van der Waals surface area contributed by atoms with Crippen LogP contribution in [0.2, 0.25) is 0 Å². The third-order valence-electron chi connectivity index (χ3n) is 5.48. The number of H-pyrrole nitrogens is 1. The Hall–Kier alpha value is -3.61. The summed E-state index contributed by atoms with van der Waals surface area (Å²) in [6.45, 7) is 3.60. The van der Waals surface area contributed by atoms with Crippen molar-refractivity contribution in [1.82, 2.24) is 4.98 Å². The lowest BCUT2D eigenvalue weighted by Crippen LogP contribution is -2.31. The van der Waals surface area contributed by atoms with Gasteiger partial charge in [-0.05, 0) is 68.0 Å². The quantitative estimate of drug-likeness (QED) is 0.616. The van der Waals surface area contributed by atoms with E-state index in [4.69, 9.17) is 4.74 Å². The Morgan fingerprint density at radius 2 is 1.74 bits per heavy atom. The second-order valence-corrected chi connectivity index (χ2v) is 7.73. The van der Waals surface area contributed by atoms with Crippen molar-refractivity contribution in [1.29, 1.82) is 0 Å². The van der Waals surface area contributed by atoms with E-state index in [0.29, 0.717) is 16.5 Å². The fourth-order valence-electron chi connectivity index (χ4n) is 3.75. The van der Waals surface area contributed by atoms with Gasteiger partial charge in [-0.25, -0.2) is 4.79 Å². The number of aromatic amines is 1. The minimum absolute atomic E-state index is 0.00855. The van der Waals surface area contributed by atoms with Crippen LogP contribution in [0.1, 0.15) is 36.7 Å². The van der Waals surface area contributed by atoms with Gasteiger partial charge in [-0.1, -0.05) is 18.2 Å². The normalized spacial score (nSPS) is 14.8. The van der Waals surface area contributed by atoms with Crippen molar-refractivity contribution in [2.24, 2.45) is 0 Å². The maximum Gasteiger partial charge on any atom is 0.355 e. The van der Waals surface area contributed by atoms with E-state index in [0.717, 1.165) is 18.8 Å². The number of anilines is 2. The van der Waals surface area contributed by atoms with Crippen LogP contribution in [0.15, 0.2) is 59.4 Å². The van der Waals surface area contributed by atoms with Crippen molar-refractivity contribution in [2.45, 2.75) is 32.3 Å². The van der Waals surface area contributed by atoms with Gasteiger partial charge in [0.05, 0.1) is 0 Å². The number of hydrogen-bond acceptors (Lipinski definition) is 5. The lowest BCUT2D eigenvalue weighted by molar-refractivity contribution is -0.123. The van der Waals surface area contributed by atoms with Gasteiger partial charge >= 0.3 is 5.97 Å². The van der Waals surface area contributed by atoms with Gasteiger partial charge in [0.25, 0.3) is 11.5 Å². The van der Waals surface area contributed by atoms with Gasteiger partial charge in [0, 0.05) is 29.9 Å². The van der Waals surface area contributed by atoms with Crippen LogP contribution in [0.25, 0.3) is 10.8 Å². The molecule has 1 saturated heterocycles. The van der Waals surface area contributed by atoms with Gasteiger partial charge in [-0.2, -0.15) is 0 Å². The van der Waals surface area contributed by atoms with Gasteiger partial charge in [0.1, 0.15) is 5.69 Å². The zero-order valence-electron chi connectivity index (χ0n) is 17.4. The molecule has 1 aromatic heterocycles. The molecule has 1 amide bonds. The molecule has 160 valence electrons. The minimum Gasteiger partial charge on any atom is -0.448 e. The number of carbonyl (C=O) groups is 2.